The molecule has 8 heteroatoms. The Bertz CT molecular complexity index is 744. The van der Waals surface area contributed by atoms with Crippen LogP contribution in [0.25, 0.3) is 0 Å². The number of rotatable bonds is 4. The largest absolute Gasteiger partial charge is 0.378 e. The first-order valence-electron chi connectivity index (χ1n) is 10.9. The van der Waals surface area contributed by atoms with Crippen LogP contribution in [-0.4, -0.2) is 89.0 Å². The predicted octanol–water partition coefficient (Wildman–Crippen LogP) is 1.41. The molecule has 0 unspecified atom stereocenters. The van der Waals surface area contributed by atoms with E-state index in [1.807, 2.05) is 11.8 Å². The maximum Gasteiger partial charge on any atom is 0.257 e. The maximum atomic E-state index is 13.0. The number of hydrogen-bond donors (Lipinski definition) is 0. The van der Waals surface area contributed by atoms with Crippen molar-refractivity contribution in [3.8, 4) is 0 Å². The van der Waals surface area contributed by atoms with E-state index in [4.69, 9.17) is 4.74 Å². The molecule has 3 fully saturated rings. The van der Waals surface area contributed by atoms with Crippen LogP contribution in [0, 0.1) is 6.92 Å². The highest BCUT2D eigenvalue weighted by atomic mass is 16.5. The number of hydrogen-bond acceptors (Lipinski definition) is 6. The lowest BCUT2D eigenvalue weighted by molar-refractivity contribution is -0.136. The molecule has 2 amide bonds. The highest BCUT2D eigenvalue weighted by Crippen LogP contribution is 2.29. The molecule has 0 aromatic carbocycles. The van der Waals surface area contributed by atoms with E-state index in [0.717, 1.165) is 38.9 Å². The fraction of sp³-hybridized carbons (Fsp3) is 0.714. The maximum absolute atomic E-state index is 13.0. The molecule has 0 N–H and O–H groups in total. The first kappa shape index (κ1) is 20.2. The Morgan fingerprint density at radius 1 is 1.07 bits per heavy atom. The first-order chi connectivity index (χ1) is 14.1. The Labute approximate surface area is 172 Å². The molecule has 3 aliphatic rings. The van der Waals surface area contributed by atoms with Gasteiger partial charge in [-0.2, -0.15) is 0 Å². The molecule has 3 saturated heterocycles. The molecule has 29 heavy (non-hydrogen) atoms. The molecule has 1 aromatic heterocycles. The van der Waals surface area contributed by atoms with Crippen molar-refractivity contribution in [2.75, 3.05) is 52.5 Å². The second-order valence-electron chi connectivity index (χ2n) is 8.21. The summed E-state index contributed by atoms with van der Waals surface area (Å²) in [6.45, 7) is 7.47. The van der Waals surface area contributed by atoms with E-state index in [0.29, 0.717) is 49.9 Å². The van der Waals surface area contributed by atoms with Gasteiger partial charge in [-0.15, -0.1) is 0 Å². The minimum absolute atomic E-state index is 0.0389. The fourth-order valence-corrected chi connectivity index (χ4v) is 4.51. The molecule has 4 rings (SSSR count). The summed E-state index contributed by atoms with van der Waals surface area (Å²) in [5.41, 5.74) is 1.23. The van der Waals surface area contributed by atoms with Crippen molar-refractivity contribution >= 4 is 11.8 Å². The van der Waals surface area contributed by atoms with Crippen molar-refractivity contribution in [2.45, 2.75) is 45.1 Å². The summed E-state index contributed by atoms with van der Waals surface area (Å²) >= 11 is 0. The van der Waals surface area contributed by atoms with Gasteiger partial charge in [0.25, 0.3) is 5.91 Å². The van der Waals surface area contributed by atoms with E-state index in [1.165, 1.54) is 12.8 Å². The summed E-state index contributed by atoms with van der Waals surface area (Å²) in [6, 6.07) is -0.0925. The number of aryl methyl sites for hydroxylation is 1. The van der Waals surface area contributed by atoms with Gasteiger partial charge in [-0.25, -0.2) is 9.97 Å². The van der Waals surface area contributed by atoms with E-state index in [1.54, 1.807) is 11.1 Å². The third-order valence-electron chi connectivity index (χ3n) is 6.21. The van der Waals surface area contributed by atoms with Crippen LogP contribution in [0.2, 0.25) is 0 Å². The van der Waals surface area contributed by atoms with Crippen molar-refractivity contribution in [1.29, 1.82) is 0 Å². The third kappa shape index (κ3) is 4.59. The number of aromatic nitrogens is 2. The summed E-state index contributed by atoms with van der Waals surface area (Å²) in [7, 11) is 0. The van der Waals surface area contributed by atoms with Crippen LogP contribution in [0.3, 0.4) is 0 Å². The topological polar surface area (TPSA) is 78.9 Å². The number of morpholine rings is 1. The van der Waals surface area contributed by atoms with Gasteiger partial charge in [-0.3, -0.25) is 14.5 Å². The molecule has 0 saturated carbocycles. The molecular weight excluding hydrogens is 370 g/mol. The van der Waals surface area contributed by atoms with Crippen LogP contribution in [-0.2, 0) is 9.53 Å². The Morgan fingerprint density at radius 3 is 2.52 bits per heavy atom. The average molecular weight is 402 g/mol. The highest BCUT2D eigenvalue weighted by molar-refractivity contribution is 5.95. The van der Waals surface area contributed by atoms with Gasteiger partial charge in [-0.05, 0) is 52.1 Å². The quantitative estimate of drug-likeness (QED) is 0.759. The van der Waals surface area contributed by atoms with Crippen molar-refractivity contribution in [2.24, 2.45) is 0 Å². The second kappa shape index (κ2) is 9.17. The lowest BCUT2D eigenvalue weighted by Crippen LogP contribution is -2.44. The summed E-state index contributed by atoms with van der Waals surface area (Å²) in [6.07, 6.45) is 6.97. The lowest BCUT2D eigenvalue weighted by Gasteiger charge is -2.36. The fourth-order valence-electron chi connectivity index (χ4n) is 4.51. The van der Waals surface area contributed by atoms with Crippen molar-refractivity contribution in [3.05, 3.63) is 23.3 Å². The van der Waals surface area contributed by atoms with E-state index in [2.05, 4.69) is 14.9 Å². The molecular formula is C21H31N5O3. The number of piperidine rings is 1. The smallest absolute Gasteiger partial charge is 0.257 e. The summed E-state index contributed by atoms with van der Waals surface area (Å²) in [4.78, 5) is 41.0. The van der Waals surface area contributed by atoms with Gasteiger partial charge in [0.15, 0.2) is 5.82 Å². The number of amides is 2. The first-order valence-corrected chi connectivity index (χ1v) is 10.9. The zero-order chi connectivity index (χ0) is 20.2. The zero-order valence-electron chi connectivity index (χ0n) is 17.3. The Hall–Kier alpha value is -2.06. The molecule has 0 bridgehead atoms. The number of carbonyl (C=O) groups is 2. The van der Waals surface area contributed by atoms with Crippen molar-refractivity contribution < 1.29 is 14.3 Å². The average Bonchev–Trinajstić information content (AvgIpc) is 3.27. The van der Waals surface area contributed by atoms with Crippen LogP contribution in [0.15, 0.2) is 6.20 Å². The van der Waals surface area contributed by atoms with Crippen LogP contribution in [0.4, 0.5) is 0 Å². The highest BCUT2D eigenvalue weighted by Gasteiger charge is 2.32. The van der Waals surface area contributed by atoms with Gasteiger partial charge < -0.3 is 14.5 Å². The minimum atomic E-state index is -0.0925. The van der Waals surface area contributed by atoms with Crippen LogP contribution < -0.4 is 0 Å². The molecule has 1 atom stereocenters. The van der Waals surface area contributed by atoms with Gasteiger partial charge >= 0.3 is 0 Å². The molecule has 4 heterocycles. The van der Waals surface area contributed by atoms with Gasteiger partial charge in [0.1, 0.15) is 0 Å². The van der Waals surface area contributed by atoms with E-state index < -0.39 is 0 Å². The van der Waals surface area contributed by atoms with Gasteiger partial charge in [0.05, 0.1) is 37.1 Å². The standard InChI is InChI=1S/C21H31N5O3/c1-16-17(21(28)25-10-12-29-13-11-25)14-22-20(23-16)18-6-2-3-9-26(18)19(27)15-24-7-4-5-8-24/h14,18H,2-13,15H2,1H3/t18-/m0/s1. The summed E-state index contributed by atoms with van der Waals surface area (Å²) in [5.74, 6) is 0.796. The number of likely N-dealkylation sites (tertiary alicyclic amines) is 2. The summed E-state index contributed by atoms with van der Waals surface area (Å²) < 4.78 is 5.33. The number of ether oxygens (including phenoxy) is 1. The van der Waals surface area contributed by atoms with Crippen LogP contribution in [0.1, 0.15) is 60.0 Å². The Balaban J connectivity index is 1.48. The predicted molar refractivity (Wildman–Crippen MR) is 107 cm³/mol. The van der Waals surface area contributed by atoms with Crippen molar-refractivity contribution in [1.82, 2.24) is 24.7 Å². The Morgan fingerprint density at radius 2 is 1.79 bits per heavy atom. The van der Waals surface area contributed by atoms with Gasteiger partial charge in [-0.1, -0.05) is 0 Å². The number of carbonyl (C=O) groups excluding carboxylic acids is 2. The monoisotopic (exact) mass is 401 g/mol. The minimum Gasteiger partial charge on any atom is -0.378 e. The van der Waals surface area contributed by atoms with Crippen LogP contribution >= 0.6 is 0 Å². The van der Waals surface area contributed by atoms with E-state index in [-0.39, 0.29) is 17.9 Å². The molecule has 0 radical (unpaired) electrons. The molecule has 3 aliphatic heterocycles. The molecule has 0 spiro atoms. The lowest BCUT2D eigenvalue weighted by atomic mass is 10.0. The van der Waals surface area contributed by atoms with E-state index in [9.17, 15) is 9.59 Å². The van der Waals surface area contributed by atoms with Gasteiger partial charge in [0.2, 0.25) is 5.91 Å². The zero-order valence-corrected chi connectivity index (χ0v) is 17.3. The SMILES string of the molecule is Cc1nc([C@@H]2CCCCN2C(=O)CN2CCCC2)ncc1C(=O)N1CCOCC1. The third-order valence-corrected chi connectivity index (χ3v) is 6.21. The van der Waals surface area contributed by atoms with Crippen LogP contribution in [0.5, 0.6) is 0 Å². The molecule has 158 valence electrons. The molecule has 0 aliphatic carbocycles. The Kier molecular flexibility index (Phi) is 6.40. The number of nitrogens with zero attached hydrogens (tertiary/aromatic N) is 5. The van der Waals surface area contributed by atoms with Crippen molar-refractivity contribution in [3.63, 3.8) is 0 Å². The molecule has 1 aromatic rings. The second-order valence-corrected chi connectivity index (χ2v) is 8.21. The van der Waals surface area contributed by atoms with Gasteiger partial charge in [0, 0.05) is 25.8 Å². The summed E-state index contributed by atoms with van der Waals surface area (Å²) in [5, 5.41) is 0. The molecule has 8 nitrogen and oxygen atoms in total. The van der Waals surface area contributed by atoms with E-state index >= 15 is 0 Å². The normalized spacial score (nSPS) is 23.4.